The van der Waals surface area contributed by atoms with Gasteiger partial charge in [0.15, 0.2) is 0 Å². The number of hydrogen-bond acceptors (Lipinski definition) is 3. The first-order chi connectivity index (χ1) is 9.78. The second-order valence-electron chi connectivity index (χ2n) is 4.38. The molecule has 0 N–H and O–H groups in total. The van der Waals surface area contributed by atoms with E-state index in [4.69, 9.17) is 0 Å². The minimum atomic E-state index is 0.676. The summed E-state index contributed by atoms with van der Waals surface area (Å²) in [5, 5.41) is 4.20. The molecule has 0 atom stereocenters. The van der Waals surface area contributed by atoms with Crippen LogP contribution in [-0.2, 0) is 13.1 Å². The topological polar surface area (TPSA) is 48.5 Å². The van der Waals surface area contributed by atoms with Crippen molar-refractivity contribution in [3.05, 3.63) is 52.4 Å². The molecule has 0 aliphatic carbocycles. The van der Waals surface area contributed by atoms with Crippen LogP contribution < -0.4 is 0 Å². The maximum absolute atomic E-state index is 4.46. The molecule has 3 rings (SSSR count). The van der Waals surface area contributed by atoms with Crippen LogP contribution >= 0.6 is 22.6 Å². The lowest BCUT2D eigenvalue weighted by molar-refractivity contribution is 0.593. The summed E-state index contributed by atoms with van der Waals surface area (Å²) in [5.74, 6) is 1.89. The van der Waals surface area contributed by atoms with Gasteiger partial charge in [-0.3, -0.25) is 0 Å². The minimum absolute atomic E-state index is 0.676. The highest BCUT2D eigenvalue weighted by Gasteiger charge is 2.09. The van der Waals surface area contributed by atoms with E-state index in [0.29, 0.717) is 6.54 Å². The fraction of sp³-hybridized carbons (Fsp3) is 0.214. The van der Waals surface area contributed by atoms with Crippen LogP contribution in [0.2, 0.25) is 0 Å². The van der Waals surface area contributed by atoms with Gasteiger partial charge in [-0.2, -0.15) is 5.10 Å². The molecule has 0 bridgehead atoms. The molecule has 3 aromatic rings. The van der Waals surface area contributed by atoms with E-state index in [9.17, 15) is 0 Å². The van der Waals surface area contributed by atoms with E-state index >= 15 is 0 Å². The highest BCUT2D eigenvalue weighted by atomic mass is 127. The van der Waals surface area contributed by atoms with E-state index < -0.39 is 0 Å². The molecule has 0 saturated carbocycles. The molecule has 0 radical (unpaired) electrons. The SMILES string of the molecule is CCn1ncnc1Cn1ccnc1-c1ccc(I)cc1. The standard InChI is InChI=1S/C14H14IN5/c1-2-20-13(17-10-18-20)9-19-8-7-16-14(19)11-3-5-12(15)6-4-11/h3-8,10H,2,9H2,1H3. The second-order valence-corrected chi connectivity index (χ2v) is 5.62. The van der Waals surface area contributed by atoms with Crippen molar-refractivity contribution in [2.75, 3.05) is 0 Å². The Hall–Kier alpha value is -1.70. The summed E-state index contributed by atoms with van der Waals surface area (Å²) in [6.07, 6.45) is 5.39. The van der Waals surface area contributed by atoms with Gasteiger partial charge in [-0.05, 0) is 41.6 Å². The van der Waals surface area contributed by atoms with Gasteiger partial charge in [0.1, 0.15) is 18.0 Å². The Morgan fingerprint density at radius 3 is 2.70 bits per heavy atom. The lowest BCUT2D eigenvalue weighted by Gasteiger charge is -2.08. The number of aromatic nitrogens is 5. The van der Waals surface area contributed by atoms with Crippen molar-refractivity contribution < 1.29 is 0 Å². The highest BCUT2D eigenvalue weighted by molar-refractivity contribution is 14.1. The molecule has 0 spiro atoms. The maximum atomic E-state index is 4.46. The average Bonchev–Trinajstić information content (AvgIpc) is 3.09. The van der Waals surface area contributed by atoms with Gasteiger partial charge in [0.2, 0.25) is 0 Å². The predicted octanol–water partition coefficient (Wildman–Crippen LogP) is 2.81. The molecule has 2 heterocycles. The van der Waals surface area contributed by atoms with Crippen LogP contribution in [0.4, 0.5) is 0 Å². The number of benzene rings is 1. The summed E-state index contributed by atoms with van der Waals surface area (Å²) < 4.78 is 5.21. The Balaban J connectivity index is 1.92. The van der Waals surface area contributed by atoms with Gasteiger partial charge in [-0.15, -0.1) is 0 Å². The van der Waals surface area contributed by atoms with Gasteiger partial charge in [-0.25, -0.2) is 14.6 Å². The summed E-state index contributed by atoms with van der Waals surface area (Å²) in [7, 11) is 0. The van der Waals surface area contributed by atoms with Crippen LogP contribution in [0.1, 0.15) is 12.7 Å². The van der Waals surface area contributed by atoms with Gasteiger partial charge in [0, 0.05) is 28.1 Å². The van der Waals surface area contributed by atoms with Crippen molar-refractivity contribution in [1.82, 2.24) is 24.3 Å². The molecule has 6 heteroatoms. The first-order valence-electron chi connectivity index (χ1n) is 6.41. The molecule has 0 fully saturated rings. The van der Waals surface area contributed by atoms with Crippen molar-refractivity contribution in [2.45, 2.75) is 20.0 Å². The Kier molecular flexibility index (Phi) is 3.81. The molecule has 0 unspecified atom stereocenters. The van der Waals surface area contributed by atoms with Crippen molar-refractivity contribution in [2.24, 2.45) is 0 Å². The number of halogens is 1. The number of nitrogens with zero attached hydrogens (tertiary/aromatic N) is 5. The van der Waals surface area contributed by atoms with Crippen molar-refractivity contribution in [3.63, 3.8) is 0 Å². The Morgan fingerprint density at radius 1 is 1.15 bits per heavy atom. The van der Waals surface area contributed by atoms with E-state index in [1.54, 1.807) is 6.33 Å². The van der Waals surface area contributed by atoms with Crippen LogP contribution in [0.5, 0.6) is 0 Å². The Morgan fingerprint density at radius 2 is 1.95 bits per heavy atom. The maximum Gasteiger partial charge on any atom is 0.146 e. The normalized spacial score (nSPS) is 10.9. The fourth-order valence-corrected chi connectivity index (χ4v) is 2.48. The van der Waals surface area contributed by atoms with Crippen molar-refractivity contribution >= 4 is 22.6 Å². The van der Waals surface area contributed by atoms with Gasteiger partial charge < -0.3 is 4.57 Å². The first kappa shape index (κ1) is 13.3. The molecular formula is C14H14IN5. The van der Waals surface area contributed by atoms with E-state index in [-0.39, 0.29) is 0 Å². The van der Waals surface area contributed by atoms with E-state index in [0.717, 1.165) is 23.8 Å². The van der Waals surface area contributed by atoms with E-state index in [1.807, 2.05) is 17.1 Å². The zero-order chi connectivity index (χ0) is 13.9. The van der Waals surface area contributed by atoms with Gasteiger partial charge >= 0.3 is 0 Å². The third-order valence-electron chi connectivity index (χ3n) is 3.12. The molecule has 0 aliphatic rings. The molecule has 2 aromatic heterocycles. The van der Waals surface area contributed by atoms with Crippen LogP contribution in [0, 0.1) is 3.57 Å². The molecule has 0 amide bonds. The molecular weight excluding hydrogens is 365 g/mol. The summed E-state index contributed by atoms with van der Waals surface area (Å²) in [5.41, 5.74) is 1.11. The quantitative estimate of drug-likeness (QED) is 0.655. The fourth-order valence-electron chi connectivity index (χ4n) is 2.12. The lowest BCUT2D eigenvalue weighted by Crippen LogP contribution is -2.09. The monoisotopic (exact) mass is 379 g/mol. The lowest BCUT2D eigenvalue weighted by atomic mass is 10.2. The smallest absolute Gasteiger partial charge is 0.146 e. The van der Waals surface area contributed by atoms with E-state index in [1.165, 1.54) is 3.57 Å². The third-order valence-corrected chi connectivity index (χ3v) is 3.84. The summed E-state index contributed by atoms with van der Waals surface area (Å²) in [6.45, 7) is 3.56. The second kappa shape index (κ2) is 5.74. The third kappa shape index (κ3) is 2.60. The van der Waals surface area contributed by atoms with Crippen LogP contribution in [0.3, 0.4) is 0 Å². The van der Waals surface area contributed by atoms with E-state index in [2.05, 4.69) is 73.4 Å². The first-order valence-corrected chi connectivity index (χ1v) is 7.49. The molecule has 0 aliphatic heterocycles. The summed E-state index contributed by atoms with van der Waals surface area (Å²) in [4.78, 5) is 8.77. The number of rotatable bonds is 4. The van der Waals surface area contributed by atoms with Gasteiger partial charge in [-0.1, -0.05) is 12.1 Å². The van der Waals surface area contributed by atoms with Crippen molar-refractivity contribution in [1.29, 1.82) is 0 Å². The largest absolute Gasteiger partial charge is 0.323 e. The minimum Gasteiger partial charge on any atom is -0.323 e. The highest BCUT2D eigenvalue weighted by Crippen LogP contribution is 2.19. The zero-order valence-corrected chi connectivity index (χ0v) is 13.2. The summed E-state index contributed by atoms with van der Waals surface area (Å²) in [6, 6.07) is 8.35. The van der Waals surface area contributed by atoms with Gasteiger partial charge in [0.05, 0.1) is 6.54 Å². The van der Waals surface area contributed by atoms with Crippen LogP contribution in [0.25, 0.3) is 11.4 Å². The molecule has 0 saturated heterocycles. The van der Waals surface area contributed by atoms with Crippen molar-refractivity contribution in [3.8, 4) is 11.4 Å². The number of hydrogen-bond donors (Lipinski definition) is 0. The Bertz CT molecular complexity index is 698. The van der Waals surface area contributed by atoms with Crippen LogP contribution in [-0.4, -0.2) is 24.3 Å². The summed E-state index contributed by atoms with van der Waals surface area (Å²) >= 11 is 2.30. The number of imidazole rings is 1. The Labute approximate surface area is 130 Å². The van der Waals surface area contributed by atoms with Gasteiger partial charge in [0.25, 0.3) is 0 Å². The predicted molar refractivity (Wildman–Crippen MR) is 85.2 cm³/mol. The molecule has 102 valence electrons. The molecule has 1 aromatic carbocycles. The molecule has 5 nitrogen and oxygen atoms in total. The average molecular weight is 379 g/mol. The van der Waals surface area contributed by atoms with Crippen LogP contribution in [0.15, 0.2) is 43.0 Å². The zero-order valence-electron chi connectivity index (χ0n) is 11.1. The molecule has 20 heavy (non-hydrogen) atoms. The number of aryl methyl sites for hydroxylation is 1.